The molecule has 0 spiro atoms. The lowest BCUT2D eigenvalue weighted by atomic mass is 10.1. The Kier molecular flexibility index (Phi) is 6.22. The lowest BCUT2D eigenvalue weighted by molar-refractivity contribution is 0.0635. The van der Waals surface area contributed by atoms with Crippen molar-refractivity contribution in [3.05, 3.63) is 48.2 Å². The molecule has 2 aromatic rings. The van der Waals surface area contributed by atoms with Crippen LogP contribution in [0.15, 0.2) is 42.6 Å². The van der Waals surface area contributed by atoms with E-state index >= 15 is 0 Å². The highest BCUT2D eigenvalue weighted by Gasteiger charge is 2.16. The summed E-state index contributed by atoms with van der Waals surface area (Å²) in [5.41, 5.74) is 1.55. The number of methoxy groups -OCH3 is 1. The SMILES string of the molecule is COc1cccc(CCNc2ccc(NC(=O)OC(C)(C)C)nc2)c1. The molecule has 0 bridgehead atoms. The lowest BCUT2D eigenvalue weighted by Gasteiger charge is -2.19. The summed E-state index contributed by atoms with van der Waals surface area (Å²) in [5, 5.41) is 5.91. The van der Waals surface area contributed by atoms with Crippen molar-refractivity contribution < 1.29 is 14.3 Å². The molecule has 0 fully saturated rings. The van der Waals surface area contributed by atoms with Gasteiger partial charge >= 0.3 is 6.09 Å². The second-order valence-electron chi connectivity index (χ2n) is 6.59. The number of carbonyl (C=O) groups excluding carboxylic acids is 1. The third-order valence-electron chi connectivity index (χ3n) is 3.27. The Morgan fingerprint density at radius 2 is 2.00 bits per heavy atom. The van der Waals surface area contributed by atoms with Gasteiger partial charge in [0.15, 0.2) is 0 Å². The topological polar surface area (TPSA) is 72.5 Å². The fourth-order valence-corrected chi connectivity index (χ4v) is 2.16. The molecular weight excluding hydrogens is 318 g/mol. The molecular formula is C19H25N3O3. The van der Waals surface area contributed by atoms with Crippen molar-refractivity contribution in [3.63, 3.8) is 0 Å². The average Bonchev–Trinajstić information content (AvgIpc) is 2.55. The van der Waals surface area contributed by atoms with Gasteiger partial charge in [0.05, 0.1) is 19.0 Å². The zero-order chi connectivity index (χ0) is 18.3. The number of ether oxygens (including phenoxy) is 2. The maximum atomic E-state index is 11.7. The van der Waals surface area contributed by atoms with Gasteiger partial charge in [0.25, 0.3) is 0 Å². The van der Waals surface area contributed by atoms with Crippen LogP contribution >= 0.6 is 0 Å². The highest BCUT2D eigenvalue weighted by Crippen LogP contribution is 2.15. The molecule has 6 nitrogen and oxygen atoms in total. The summed E-state index contributed by atoms with van der Waals surface area (Å²) < 4.78 is 10.4. The van der Waals surface area contributed by atoms with Gasteiger partial charge in [0.1, 0.15) is 17.2 Å². The van der Waals surface area contributed by atoms with Crippen LogP contribution in [0, 0.1) is 0 Å². The van der Waals surface area contributed by atoms with E-state index in [4.69, 9.17) is 9.47 Å². The van der Waals surface area contributed by atoms with Gasteiger partial charge in [-0.2, -0.15) is 0 Å². The first-order valence-electron chi connectivity index (χ1n) is 8.18. The van der Waals surface area contributed by atoms with Crippen molar-refractivity contribution in [1.82, 2.24) is 4.98 Å². The maximum absolute atomic E-state index is 11.7. The zero-order valence-electron chi connectivity index (χ0n) is 15.1. The third-order valence-corrected chi connectivity index (χ3v) is 3.27. The Morgan fingerprint density at radius 3 is 2.64 bits per heavy atom. The number of amides is 1. The number of aromatic nitrogens is 1. The van der Waals surface area contributed by atoms with Crippen molar-refractivity contribution in [3.8, 4) is 5.75 Å². The molecule has 6 heteroatoms. The van der Waals surface area contributed by atoms with Crippen LogP contribution in [0.2, 0.25) is 0 Å². The maximum Gasteiger partial charge on any atom is 0.413 e. The van der Waals surface area contributed by atoms with Crippen molar-refractivity contribution in [2.24, 2.45) is 0 Å². The van der Waals surface area contributed by atoms with Crippen LogP contribution in [0.4, 0.5) is 16.3 Å². The largest absolute Gasteiger partial charge is 0.497 e. The van der Waals surface area contributed by atoms with Crippen molar-refractivity contribution >= 4 is 17.6 Å². The normalized spacial score (nSPS) is 10.9. The average molecular weight is 343 g/mol. The molecule has 134 valence electrons. The first-order valence-corrected chi connectivity index (χ1v) is 8.18. The summed E-state index contributed by atoms with van der Waals surface area (Å²) in [4.78, 5) is 15.9. The number of rotatable bonds is 6. The van der Waals surface area contributed by atoms with Crippen LogP contribution in [0.3, 0.4) is 0 Å². The molecule has 1 amide bonds. The molecule has 0 aliphatic rings. The van der Waals surface area contributed by atoms with Gasteiger partial charge in [-0.25, -0.2) is 9.78 Å². The molecule has 0 atom stereocenters. The monoisotopic (exact) mass is 343 g/mol. The first-order chi connectivity index (χ1) is 11.9. The Balaban J connectivity index is 1.81. The summed E-state index contributed by atoms with van der Waals surface area (Å²) in [5.74, 6) is 1.31. The van der Waals surface area contributed by atoms with E-state index in [1.807, 2.05) is 45.0 Å². The molecule has 0 unspecified atom stereocenters. The molecule has 2 N–H and O–H groups in total. The summed E-state index contributed by atoms with van der Waals surface area (Å²) in [6, 6.07) is 11.6. The number of nitrogens with one attached hydrogen (secondary N) is 2. The van der Waals surface area contributed by atoms with Crippen molar-refractivity contribution in [1.29, 1.82) is 0 Å². The van der Waals surface area contributed by atoms with Crippen molar-refractivity contribution in [2.75, 3.05) is 24.3 Å². The lowest BCUT2D eigenvalue weighted by Crippen LogP contribution is -2.27. The van der Waals surface area contributed by atoms with Crippen LogP contribution in [0.25, 0.3) is 0 Å². The van der Waals surface area contributed by atoms with E-state index in [-0.39, 0.29) is 0 Å². The molecule has 1 aromatic heterocycles. The Hall–Kier alpha value is -2.76. The van der Waals surface area contributed by atoms with Gasteiger partial charge in [-0.05, 0) is 57.0 Å². The fourth-order valence-electron chi connectivity index (χ4n) is 2.16. The van der Waals surface area contributed by atoms with Gasteiger partial charge in [-0.15, -0.1) is 0 Å². The Morgan fingerprint density at radius 1 is 1.20 bits per heavy atom. The third kappa shape index (κ3) is 6.71. The standard InChI is InChI=1S/C19H25N3O3/c1-19(2,3)25-18(23)22-17-9-8-15(13-21-17)20-11-10-14-6-5-7-16(12-14)24-4/h5-9,12-13,20H,10-11H2,1-4H3,(H,21,22,23). The molecule has 0 aliphatic carbocycles. The minimum absolute atomic E-state index is 0.451. The van der Waals surface area contributed by atoms with E-state index in [2.05, 4.69) is 21.7 Å². The van der Waals surface area contributed by atoms with Gasteiger partial charge in [0, 0.05) is 6.54 Å². The molecule has 25 heavy (non-hydrogen) atoms. The number of benzene rings is 1. The Labute approximate surface area is 148 Å². The number of hydrogen-bond donors (Lipinski definition) is 2. The van der Waals surface area contributed by atoms with Gasteiger partial charge in [-0.3, -0.25) is 5.32 Å². The second-order valence-corrected chi connectivity index (χ2v) is 6.59. The zero-order valence-corrected chi connectivity index (χ0v) is 15.1. The van der Waals surface area contributed by atoms with Gasteiger partial charge in [-0.1, -0.05) is 12.1 Å². The number of anilines is 2. The predicted molar refractivity (Wildman–Crippen MR) is 99.3 cm³/mol. The van der Waals surface area contributed by atoms with E-state index in [1.54, 1.807) is 19.4 Å². The summed E-state index contributed by atoms with van der Waals surface area (Å²) in [6.07, 6.45) is 2.03. The highest BCUT2D eigenvalue weighted by molar-refractivity contribution is 5.83. The first kappa shape index (κ1) is 18.6. The summed E-state index contributed by atoms with van der Waals surface area (Å²) in [6.45, 7) is 6.22. The molecule has 0 saturated heterocycles. The van der Waals surface area contributed by atoms with Crippen LogP contribution in [-0.2, 0) is 11.2 Å². The number of nitrogens with zero attached hydrogens (tertiary/aromatic N) is 1. The van der Waals surface area contributed by atoms with E-state index < -0.39 is 11.7 Å². The smallest absolute Gasteiger partial charge is 0.413 e. The van der Waals surface area contributed by atoms with Crippen LogP contribution in [-0.4, -0.2) is 30.3 Å². The summed E-state index contributed by atoms with van der Waals surface area (Å²) >= 11 is 0. The fraction of sp³-hybridized carbons (Fsp3) is 0.368. The minimum atomic E-state index is -0.536. The summed E-state index contributed by atoms with van der Waals surface area (Å²) in [7, 11) is 1.66. The van der Waals surface area contributed by atoms with E-state index in [0.29, 0.717) is 5.82 Å². The number of hydrogen-bond acceptors (Lipinski definition) is 5. The van der Waals surface area contributed by atoms with E-state index in [9.17, 15) is 4.79 Å². The molecule has 0 saturated carbocycles. The van der Waals surface area contributed by atoms with Gasteiger partial charge in [0.2, 0.25) is 0 Å². The van der Waals surface area contributed by atoms with Gasteiger partial charge < -0.3 is 14.8 Å². The molecule has 1 heterocycles. The predicted octanol–water partition coefficient (Wildman–Crippen LogP) is 4.09. The van der Waals surface area contributed by atoms with Crippen LogP contribution in [0.5, 0.6) is 5.75 Å². The van der Waals surface area contributed by atoms with Crippen molar-refractivity contribution in [2.45, 2.75) is 32.8 Å². The molecule has 1 aromatic carbocycles. The highest BCUT2D eigenvalue weighted by atomic mass is 16.6. The minimum Gasteiger partial charge on any atom is -0.497 e. The van der Waals surface area contributed by atoms with E-state index in [0.717, 1.165) is 24.4 Å². The van der Waals surface area contributed by atoms with E-state index in [1.165, 1.54) is 5.56 Å². The molecule has 0 aliphatic heterocycles. The Bertz CT molecular complexity index is 694. The molecule has 0 radical (unpaired) electrons. The number of carbonyl (C=O) groups is 1. The quantitative estimate of drug-likeness (QED) is 0.826. The van der Waals surface area contributed by atoms with Crippen LogP contribution in [0.1, 0.15) is 26.3 Å². The number of pyridine rings is 1. The second kappa shape index (κ2) is 8.37. The van der Waals surface area contributed by atoms with Crippen LogP contribution < -0.4 is 15.4 Å². The molecule has 2 rings (SSSR count).